The molecule has 0 saturated heterocycles. The van der Waals surface area contributed by atoms with Crippen LogP contribution >= 0.6 is 34.7 Å². The number of nitriles is 1. The minimum atomic E-state index is -0.285. The molecule has 0 radical (unpaired) electrons. The second kappa shape index (κ2) is 9.74. The number of nitrogens with one attached hydrogen (secondary N) is 1. The molecule has 0 saturated carbocycles. The zero-order valence-electron chi connectivity index (χ0n) is 17.6. The lowest BCUT2D eigenvalue weighted by Gasteiger charge is -2.03. The molecule has 2 heterocycles. The average molecular weight is 502 g/mol. The average Bonchev–Trinajstić information content (AvgIpc) is 3.44. The molecule has 0 bridgehead atoms. The van der Waals surface area contributed by atoms with Gasteiger partial charge in [-0.1, -0.05) is 84.0 Å². The summed E-state index contributed by atoms with van der Waals surface area (Å²) in [5.74, 6) is 0.517. The molecule has 0 aliphatic carbocycles. The normalized spacial score (nSPS) is 10.8. The number of nitrogens with zero attached hydrogens (tertiary/aromatic N) is 2. The van der Waals surface area contributed by atoms with Crippen molar-refractivity contribution >= 4 is 56.7 Å². The number of benzene rings is 3. The Bertz CT molecular complexity index is 1520. The topological polar surface area (TPSA) is 78.9 Å². The van der Waals surface area contributed by atoms with Crippen LogP contribution in [0.1, 0.15) is 5.56 Å². The summed E-state index contributed by atoms with van der Waals surface area (Å²) in [5.41, 5.74) is 3.40. The highest BCUT2D eigenvalue weighted by Crippen LogP contribution is 2.41. The van der Waals surface area contributed by atoms with Crippen LogP contribution in [0.15, 0.2) is 87.6 Å². The van der Waals surface area contributed by atoms with Crippen LogP contribution in [0.5, 0.6) is 0 Å². The number of hydrogen-bond acceptors (Lipinski definition) is 6. The van der Waals surface area contributed by atoms with Crippen molar-refractivity contribution in [3.63, 3.8) is 0 Å². The number of anilines is 1. The number of thioether (sulfide) groups is 1. The van der Waals surface area contributed by atoms with Crippen molar-refractivity contribution in [2.75, 3.05) is 11.1 Å². The Morgan fingerprint density at radius 3 is 2.47 bits per heavy atom. The van der Waals surface area contributed by atoms with E-state index in [4.69, 9.17) is 16.0 Å². The Balaban J connectivity index is 1.42. The molecule has 0 atom stereocenters. The zero-order valence-corrected chi connectivity index (χ0v) is 20.0. The summed E-state index contributed by atoms with van der Waals surface area (Å²) < 4.78 is 7.84. The van der Waals surface area contributed by atoms with Gasteiger partial charge in [0, 0.05) is 16.1 Å². The highest BCUT2D eigenvalue weighted by molar-refractivity contribution is 8.01. The summed E-state index contributed by atoms with van der Waals surface area (Å²) in [6.07, 6.45) is 0. The van der Waals surface area contributed by atoms with E-state index in [1.54, 1.807) is 6.07 Å². The molecule has 1 amide bonds. The van der Waals surface area contributed by atoms with Crippen molar-refractivity contribution in [2.45, 2.75) is 4.34 Å². The lowest BCUT2D eigenvalue weighted by atomic mass is 9.98. The molecule has 0 spiro atoms. The number of carbonyl (C=O) groups is 1. The lowest BCUT2D eigenvalue weighted by Crippen LogP contribution is -2.14. The number of aromatic nitrogens is 1. The van der Waals surface area contributed by atoms with Gasteiger partial charge in [0.25, 0.3) is 0 Å². The molecule has 2 aromatic heterocycles. The molecule has 5 rings (SSSR count). The maximum Gasteiger partial charge on any atom is 0.237 e. The second-order valence-corrected chi connectivity index (χ2v) is 9.97. The van der Waals surface area contributed by atoms with Gasteiger partial charge >= 0.3 is 0 Å². The first kappa shape index (κ1) is 22.2. The molecule has 34 heavy (non-hydrogen) atoms. The first-order valence-electron chi connectivity index (χ1n) is 10.3. The Morgan fingerprint density at radius 2 is 1.76 bits per heavy atom. The summed E-state index contributed by atoms with van der Waals surface area (Å²) in [7, 11) is 0. The molecule has 0 aliphatic rings. The van der Waals surface area contributed by atoms with Gasteiger partial charge in [-0.25, -0.2) is 4.98 Å². The molecule has 0 fully saturated rings. The smallest absolute Gasteiger partial charge is 0.237 e. The number of fused-ring (bicyclic) bond motifs is 1. The Kier molecular flexibility index (Phi) is 6.37. The first-order chi connectivity index (χ1) is 16.6. The fourth-order valence-corrected chi connectivity index (χ4v) is 5.55. The minimum Gasteiger partial charge on any atom is -0.438 e. The van der Waals surface area contributed by atoms with Crippen molar-refractivity contribution in [1.82, 2.24) is 4.98 Å². The third kappa shape index (κ3) is 4.57. The van der Waals surface area contributed by atoms with Crippen LogP contribution in [0.25, 0.3) is 32.7 Å². The Labute approximate surface area is 209 Å². The van der Waals surface area contributed by atoms with Crippen LogP contribution in [0.2, 0.25) is 5.02 Å². The first-order valence-corrected chi connectivity index (χ1v) is 12.5. The van der Waals surface area contributed by atoms with Crippen LogP contribution < -0.4 is 5.32 Å². The van der Waals surface area contributed by atoms with Gasteiger partial charge in [-0.05, 0) is 23.8 Å². The van der Waals surface area contributed by atoms with Gasteiger partial charge in [0.2, 0.25) is 11.8 Å². The lowest BCUT2D eigenvalue weighted by molar-refractivity contribution is -0.113. The molecular weight excluding hydrogens is 486 g/mol. The third-order valence-corrected chi connectivity index (χ3v) is 7.44. The van der Waals surface area contributed by atoms with E-state index in [0.29, 0.717) is 16.3 Å². The maximum absolute atomic E-state index is 12.8. The largest absolute Gasteiger partial charge is 0.438 e. The molecule has 8 heteroatoms. The number of amides is 1. The Hall–Kier alpha value is -3.57. The van der Waals surface area contributed by atoms with Gasteiger partial charge < -0.3 is 4.42 Å². The van der Waals surface area contributed by atoms with Crippen LogP contribution in [-0.2, 0) is 4.79 Å². The molecule has 0 aliphatic heterocycles. The number of hydrogen-bond donors (Lipinski definition) is 1. The van der Waals surface area contributed by atoms with Gasteiger partial charge in [-0.2, -0.15) is 5.26 Å². The predicted octanol–water partition coefficient (Wildman–Crippen LogP) is 7.48. The summed E-state index contributed by atoms with van der Waals surface area (Å²) in [4.78, 5) is 17.3. The van der Waals surface area contributed by atoms with Crippen LogP contribution in [0, 0.1) is 11.3 Å². The van der Waals surface area contributed by atoms with Crippen molar-refractivity contribution in [2.24, 2.45) is 0 Å². The van der Waals surface area contributed by atoms with Crippen LogP contribution in [0.3, 0.4) is 0 Å². The Morgan fingerprint density at radius 1 is 1.06 bits per heavy atom. The molecule has 5 aromatic rings. The molecule has 166 valence electrons. The molecule has 3 aromatic carbocycles. The summed E-state index contributed by atoms with van der Waals surface area (Å²) in [6.45, 7) is 0. The minimum absolute atomic E-state index is 0.125. The van der Waals surface area contributed by atoms with Crippen LogP contribution in [-0.4, -0.2) is 16.6 Å². The van der Waals surface area contributed by atoms with E-state index in [0.717, 1.165) is 25.7 Å². The number of carbonyl (C=O) groups excluding carboxylic acids is 1. The van der Waals surface area contributed by atoms with Gasteiger partial charge in [-0.15, -0.1) is 11.3 Å². The predicted molar refractivity (Wildman–Crippen MR) is 138 cm³/mol. The van der Waals surface area contributed by atoms with Crippen molar-refractivity contribution in [1.29, 1.82) is 5.26 Å². The van der Waals surface area contributed by atoms with Gasteiger partial charge in [0.1, 0.15) is 17.4 Å². The summed E-state index contributed by atoms with van der Waals surface area (Å²) in [6, 6.07) is 26.8. The molecular formula is C26H16ClN3O2S2. The van der Waals surface area contributed by atoms with E-state index in [1.807, 2.05) is 72.8 Å². The molecule has 5 nitrogen and oxygen atoms in total. The second-order valence-electron chi connectivity index (χ2n) is 7.28. The quantitative estimate of drug-likeness (QED) is 0.244. The summed E-state index contributed by atoms with van der Waals surface area (Å²) in [5, 5.41) is 13.4. The zero-order chi connectivity index (χ0) is 23.5. The van der Waals surface area contributed by atoms with Crippen molar-refractivity contribution in [3.8, 4) is 28.5 Å². The summed E-state index contributed by atoms with van der Waals surface area (Å²) >= 11 is 8.86. The standard InChI is InChI=1S/C26H16ClN3O2S2/c27-18-11-12-21-20(13-18)29-26(34-21)33-15-22(31)30-25-19(14-28)23(16-7-3-1-4-8-16)24(32-25)17-9-5-2-6-10-17/h1-13H,15H2,(H,30,31). The van der Waals surface area contributed by atoms with Crippen molar-refractivity contribution < 1.29 is 9.21 Å². The van der Waals surface area contributed by atoms with Gasteiger partial charge in [-0.3, -0.25) is 10.1 Å². The van der Waals surface area contributed by atoms with Gasteiger partial charge in [0.15, 0.2) is 4.34 Å². The number of rotatable bonds is 6. The van der Waals surface area contributed by atoms with E-state index in [2.05, 4.69) is 16.4 Å². The van der Waals surface area contributed by atoms with E-state index >= 15 is 0 Å². The van der Waals surface area contributed by atoms with Crippen molar-refractivity contribution in [3.05, 3.63) is 89.4 Å². The molecule has 1 N–H and O–H groups in total. The van der Waals surface area contributed by atoms with Gasteiger partial charge in [0.05, 0.1) is 16.0 Å². The van der Waals surface area contributed by atoms with E-state index < -0.39 is 0 Å². The van der Waals surface area contributed by atoms with E-state index in [9.17, 15) is 10.1 Å². The number of furan rings is 1. The number of halogens is 1. The van der Waals surface area contributed by atoms with E-state index in [1.165, 1.54) is 23.1 Å². The SMILES string of the molecule is N#Cc1c(NC(=O)CSc2nc3cc(Cl)ccc3s2)oc(-c2ccccc2)c1-c1ccccc1. The highest BCUT2D eigenvalue weighted by atomic mass is 35.5. The molecule has 0 unspecified atom stereocenters. The van der Waals surface area contributed by atoms with E-state index in [-0.39, 0.29) is 23.1 Å². The highest BCUT2D eigenvalue weighted by Gasteiger charge is 2.24. The fourth-order valence-electron chi connectivity index (χ4n) is 3.53. The monoisotopic (exact) mass is 501 g/mol. The number of thiazole rings is 1. The fraction of sp³-hybridized carbons (Fsp3) is 0.0385. The maximum atomic E-state index is 12.8. The third-order valence-electron chi connectivity index (χ3n) is 5.03. The van der Waals surface area contributed by atoms with Crippen LogP contribution in [0.4, 0.5) is 5.88 Å².